The molecule has 2 heterocycles. The zero-order chi connectivity index (χ0) is 21.1. The molecule has 0 bridgehead atoms. The normalized spacial score (nSPS) is 13.1. The number of benzene rings is 2. The Bertz CT molecular complexity index is 1170. The van der Waals surface area contributed by atoms with Gasteiger partial charge in [-0.25, -0.2) is 4.79 Å². The van der Waals surface area contributed by atoms with E-state index in [9.17, 15) is 14.4 Å². The highest BCUT2D eigenvalue weighted by Crippen LogP contribution is 2.31. The molecule has 1 aliphatic rings. The minimum absolute atomic E-state index is 0.0272. The van der Waals surface area contributed by atoms with Crippen LogP contribution >= 0.6 is 0 Å². The molecule has 154 valence electrons. The molecule has 3 aromatic rings. The summed E-state index contributed by atoms with van der Waals surface area (Å²) in [7, 11) is 0. The third-order valence-corrected chi connectivity index (χ3v) is 5.04. The van der Waals surface area contributed by atoms with Gasteiger partial charge in [0.05, 0.1) is 12.1 Å². The third kappa shape index (κ3) is 4.05. The molecule has 0 saturated heterocycles. The van der Waals surface area contributed by atoms with Gasteiger partial charge in [-0.05, 0) is 30.2 Å². The number of carbonyl (C=O) groups is 2. The van der Waals surface area contributed by atoms with E-state index in [0.29, 0.717) is 22.6 Å². The number of esters is 1. The van der Waals surface area contributed by atoms with Crippen molar-refractivity contribution in [3.8, 4) is 5.75 Å². The SMILES string of the molecule is CCc1ccc2c(COC(=O)CCN3C(=O)COc4ccccc43)cc(=O)oc2c1. The van der Waals surface area contributed by atoms with Crippen molar-refractivity contribution in [1.82, 2.24) is 0 Å². The number of carbonyl (C=O) groups excluding carboxylic acids is 2. The van der Waals surface area contributed by atoms with Gasteiger partial charge in [-0.1, -0.05) is 31.2 Å². The Labute approximate surface area is 172 Å². The van der Waals surface area contributed by atoms with Crippen LogP contribution in [0.15, 0.2) is 57.7 Å². The number of fused-ring (bicyclic) bond motifs is 2. The first-order valence-corrected chi connectivity index (χ1v) is 9.78. The minimum Gasteiger partial charge on any atom is -0.482 e. The number of anilines is 1. The molecule has 7 nitrogen and oxygen atoms in total. The van der Waals surface area contributed by atoms with Crippen LogP contribution in [0.3, 0.4) is 0 Å². The fraction of sp³-hybridized carbons (Fsp3) is 0.261. The summed E-state index contributed by atoms with van der Waals surface area (Å²) >= 11 is 0. The quantitative estimate of drug-likeness (QED) is 0.461. The van der Waals surface area contributed by atoms with Gasteiger partial charge in [0.2, 0.25) is 0 Å². The van der Waals surface area contributed by atoms with Gasteiger partial charge < -0.3 is 18.8 Å². The molecule has 4 rings (SSSR count). The van der Waals surface area contributed by atoms with Crippen molar-refractivity contribution in [2.75, 3.05) is 18.1 Å². The van der Waals surface area contributed by atoms with E-state index in [2.05, 4.69) is 0 Å². The molecule has 0 spiro atoms. The highest BCUT2D eigenvalue weighted by Gasteiger charge is 2.25. The van der Waals surface area contributed by atoms with Crippen LogP contribution in [-0.4, -0.2) is 25.0 Å². The lowest BCUT2D eigenvalue weighted by Crippen LogP contribution is -2.40. The molecule has 0 fully saturated rings. The third-order valence-electron chi connectivity index (χ3n) is 5.04. The van der Waals surface area contributed by atoms with Crippen molar-refractivity contribution in [2.24, 2.45) is 0 Å². The largest absolute Gasteiger partial charge is 0.482 e. The predicted molar refractivity (Wildman–Crippen MR) is 111 cm³/mol. The van der Waals surface area contributed by atoms with E-state index in [1.807, 2.05) is 37.3 Å². The predicted octanol–water partition coefficient (Wildman–Crippen LogP) is 3.21. The summed E-state index contributed by atoms with van der Waals surface area (Å²) in [5, 5.41) is 0.733. The van der Waals surface area contributed by atoms with Gasteiger partial charge in [-0.15, -0.1) is 0 Å². The molecule has 1 aromatic heterocycles. The molecule has 7 heteroatoms. The molecule has 2 aromatic carbocycles. The van der Waals surface area contributed by atoms with Gasteiger partial charge in [-0.2, -0.15) is 0 Å². The lowest BCUT2D eigenvalue weighted by molar-refractivity contribution is -0.144. The Morgan fingerprint density at radius 2 is 1.97 bits per heavy atom. The smallest absolute Gasteiger partial charge is 0.336 e. The highest BCUT2D eigenvalue weighted by atomic mass is 16.5. The number of amides is 1. The number of ether oxygens (including phenoxy) is 2. The van der Waals surface area contributed by atoms with Crippen LogP contribution < -0.4 is 15.3 Å². The Balaban J connectivity index is 1.42. The Kier molecular flexibility index (Phi) is 5.52. The number of para-hydroxylation sites is 2. The highest BCUT2D eigenvalue weighted by molar-refractivity contribution is 5.98. The van der Waals surface area contributed by atoms with E-state index in [4.69, 9.17) is 13.9 Å². The second kappa shape index (κ2) is 8.41. The van der Waals surface area contributed by atoms with Crippen molar-refractivity contribution < 1.29 is 23.5 Å². The summed E-state index contributed by atoms with van der Waals surface area (Å²) in [6.45, 7) is 2.11. The van der Waals surface area contributed by atoms with Gasteiger partial charge in [-0.3, -0.25) is 9.59 Å². The first-order chi connectivity index (χ1) is 14.5. The van der Waals surface area contributed by atoms with E-state index >= 15 is 0 Å². The maximum Gasteiger partial charge on any atom is 0.336 e. The summed E-state index contributed by atoms with van der Waals surface area (Å²) in [5.74, 6) is -0.0578. The first-order valence-electron chi connectivity index (χ1n) is 9.78. The molecule has 0 saturated carbocycles. The lowest BCUT2D eigenvalue weighted by Gasteiger charge is -2.28. The van der Waals surface area contributed by atoms with Crippen LogP contribution in [0.2, 0.25) is 0 Å². The van der Waals surface area contributed by atoms with Gasteiger partial charge in [0.25, 0.3) is 5.91 Å². The van der Waals surface area contributed by atoms with Crippen molar-refractivity contribution in [3.63, 3.8) is 0 Å². The van der Waals surface area contributed by atoms with Crippen molar-refractivity contribution in [1.29, 1.82) is 0 Å². The van der Waals surface area contributed by atoms with Gasteiger partial charge in [0.1, 0.15) is 17.9 Å². The molecule has 0 atom stereocenters. The molecular formula is C23H21NO6. The molecule has 30 heavy (non-hydrogen) atoms. The molecule has 0 N–H and O–H groups in total. The first kappa shape index (κ1) is 19.7. The van der Waals surface area contributed by atoms with Crippen LogP contribution in [0.4, 0.5) is 5.69 Å². The number of aryl methyl sites for hydroxylation is 1. The fourth-order valence-corrected chi connectivity index (χ4v) is 3.45. The Morgan fingerprint density at radius 3 is 2.80 bits per heavy atom. The average Bonchev–Trinajstić information content (AvgIpc) is 2.76. The summed E-state index contributed by atoms with van der Waals surface area (Å²) in [4.78, 5) is 37.9. The maximum atomic E-state index is 12.3. The van der Waals surface area contributed by atoms with E-state index in [1.54, 1.807) is 12.1 Å². The fourth-order valence-electron chi connectivity index (χ4n) is 3.45. The van der Waals surface area contributed by atoms with E-state index in [0.717, 1.165) is 17.4 Å². The number of nitrogens with zero attached hydrogens (tertiary/aromatic N) is 1. The molecule has 1 amide bonds. The molecular weight excluding hydrogens is 386 g/mol. The summed E-state index contributed by atoms with van der Waals surface area (Å²) in [6, 6.07) is 14.2. The standard InChI is InChI=1S/C23H21NO6/c1-2-15-7-8-17-16(12-23(27)30-20(17)11-15)13-29-22(26)9-10-24-18-5-3-4-6-19(18)28-14-21(24)25/h3-8,11-12H,2,9-10,13-14H2,1H3. The molecule has 0 aliphatic carbocycles. The number of hydrogen-bond donors (Lipinski definition) is 0. The molecule has 0 unspecified atom stereocenters. The van der Waals surface area contributed by atoms with Gasteiger partial charge in [0, 0.05) is 23.6 Å². The van der Waals surface area contributed by atoms with Crippen LogP contribution in [0.25, 0.3) is 11.0 Å². The maximum absolute atomic E-state index is 12.3. The monoisotopic (exact) mass is 407 g/mol. The second-order valence-corrected chi connectivity index (χ2v) is 6.99. The molecule has 1 aliphatic heterocycles. The van der Waals surface area contributed by atoms with Crippen molar-refractivity contribution in [3.05, 3.63) is 70.1 Å². The second-order valence-electron chi connectivity index (χ2n) is 6.99. The summed E-state index contributed by atoms with van der Waals surface area (Å²) < 4.78 is 16.0. The van der Waals surface area contributed by atoms with Crippen LogP contribution in [0.5, 0.6) is 5.75 Å². The van der Waals surface area contributed by atoms with Crippen LogP contribution in [0.1, 0.15) is 24.5 Å². The van der Waals surface area contributed by atoms with Crippen LogP contribution in [-0.2, 0) is 27.4 Å². The Morgan fingerprint density at radius 1 is 1.13 bits per heavy atom. The van der Waals surface area contributed by atoms with Gasteiger partial charge in [0.15, 0.2) is 6.61 Å². The Hall–Kier alpha value is -3.61. The van der Waals surface area contributed by atoms with Gasteiger partial charge >= 0.3 is 11.6 Å². The van der Waals surface area contributed by atoms with Crippen molar-refractivity contribution in [2.45, 2.75) is 26.4 Å². The van der Waals surface area contributed by atoms with E-state index in [1.165, 1.54) is 11.0 Å². The van der Waals surface area contributed by atoms with Crippen molar-refractivity contribution >= 4 is 28.5 Å². The van der Waals surface area contributed by atoms with Crippen LogP contribution in [0, 0.1) is 0 Å². The number of rotatable bonds is 6. The summed E-state index contributed by atoms with van der Waals surface area (Å²) in [5.41, 5.74) is 2.26. The topological polar surface area (TPSA) is 86.0 Å². The zero-order valence-corrected chi connectivity index (χ0v) is 16.6. The average molecular weight is 407 g/mol. The molecule has 0 radical (unpaired) electrons. The van der Waals surface area contributed by atoms with E-state index in [-0.39, 0.29) is 32.1 Å². The van der Waals surface area contributed by atoms with E-state index < -0.39 is 11.6 Å². The minimum atomic E-state index is -0.489. The zero-order valence-electron chi connectivity index (χ0n) is 16.6. The number of hydrogen-bond acceptors (Lipinski definition) is 6. The lowest BCUT2D eigenvalue weighted by atomic mass is 10.1. The summed E-state index contributed by atoms with van der Waals surface area (Å²) in [6.07, 6.45) is 0.849.